The number of anilines is 1. The Morgan fingerprint density at radius 2 is 1.89 bits per heavy atom. The Balaban J connectivity index is 2.00. The number of aromatic nitrogens is 1. The highest BCUT2D eigenvalue weighted by Crippen LogP contribution is 2.34. The normalized spacial score (nSPS) is 18.0. The van der Waals surface area contributed by atoms with Gasteiger partial charge in [0.1, 0.15) is 0 Å². The van der Waals surface area contributed by atoms with Crippen molar-refractivity contribution in [3.05, 3.63) is 47.0 Å². The molecule has 0 aliphatic carbocycles. The van der Waals surface area contributed by atoms with E-state index >= 15 is 4.39 Å². The average Bonchev–Trinajstić information content (AvgIpc) is 2.60. The van der Waals surface area contributed by atoms with Gasteiger partial charge in [0.25, 0.3) is 0 Å². The second-order valence-electron chi connectivity index (χ2n) is 6.61. The quantitative estimate of drug-likeness (QED) is 0.821. The summed E-state index contributed by atoms with van der Waals surface area (Å²) in [6.07, 6.45) is -6.42. The second-order valence-corrected chi connectivity index (χ2v) is 6.61. The molecule has 1 aromatic heterocycles. The van der Waals surface area contributed by atoms with Crippen LogP contribution >= 0.6 is 0 Å². The summed E-state index contributed by atoms with van der Waals surface area (Å²) in [5.41, 5.74) is 9.14. The monoisotopic (exact) mass is 383 g/mol. The lowest BCUT2D eigenvalue weighted by Gasteiger charge is -2.35. The number of benzene rings is 1. The molecule has 2 heterocycles. The zero-order valence-electron chi connectivity index (χ0n) is 15.1. The van der Waals surface area contributed by atoms with Gasteiger partial charge in [0, 0.05) is 30.0 Å². The number of hydrogen-bond donors (Lipinski definition) is 1. The summed E-state index contributed by atoms with van der Waals surface area (Å²) in [5.74, 6) is -0.593. The number of hydrogen-bond acceptors (Lipinski definition) is 4. The molecule has 1 saturated heterocycles. The SMILES string of the molecule is Cc1cc(-c2ccc(N3CCO[C@@H](C(F)(F)F)C3)c(F)c2CN)cc(C)n1. The highest BCUT2D eigenvalue weighted by atomic mass is 19.4. The molecule has 8 heteroatoms. The van der Waals surface area contributed by atoms with E-state index < -0.39 is 24.6 Å². The fourth-order valence-electron chi connectivity index (χ4n) is 3.38. The minimum atomic E-state index is -4.49. The van der Waals surface area contributed by atoms with Crippen LogP contribution in [0.4, 0.5) is 23.2 Å². The lowest BCUT2D eigenvalue weighted by molar-refractivity contribution is -0.221. The van der Waals surface area contributed by atoms with Crippen molar-refractivity contribution in [2.24, 2.45) is 5.73 Å². The summed E-state index contributed by atoms with van der Waals surface area (Å²) >= 11 is 0. The van der Waals surface area contributed by atoms with Crippen LogP contribution in [0.2, 0.25) is 0 Å². The third kappa shape index (κ3) is 4.06. The van der Waals surface area contributed by atoms with Crippen LogP contribution in [-0.2, 0) is 11.3 Å². The van der Waals surface area contributed by atoms with Gasteiger partial charge in [0.05, 0.1) is 18.8 Å². The Bertz CT molecular complexity index is 818. The Morgan fingerprint density at radius 1 is 1.22 bits per heavy atom. The molecule has 1 atom stereocenters. The molecule has 0 radical (unpaired) electrons. The zero-order valence-corrected chi connectivity index (χ0v) is 15.1. The Kier molecular flexibility index (Phi) is 5.39. The van der Waals surface area contributed by atoms with Crippen LogP contribution in [0.3, 0.4) is 0 Å². The van der Waals surface area contributed by atoms with E-state index in [2.05, 4.69) is 4.98 Å². The fraction of sp³-hybridized carbons (Fsp3) is 0.421. The first-order valence-electron chi connectivity index (χ1n) is 8.61. The van der Waals surface area contributed by atoms with Crippen LogP contribution in [0.5, 0.6) is 0 Å². The number of alkyl halides is 3. The largest absolute Gasteiger partial charge is 0.416 e. The molecule has 0 amide bonds. The first-order chi connectivity index (χ1) is 12.7. The molecule has 0 bridgehead atoms. The van der Waals surface area contributed by atoms with Gasteiger partial charge in [-0.3, -0.25) is 4.98 Å². The van der Waals surface area contributed by atoms with Gasteiger partial charge in [-0.1, -0.05) is 6.07 Å². The Labute approximate surface area is 154 Å². The molecule has 146 valence electrons. The summed E-state index contributed by atoms with van der Waals surface area (Å²) < 4.78 is 58.9. The summed E-state index contributed by atoms with van der Waals surface area (Å²) in [7, 11) is 0. The summed E-state index contributed by atoms with van der Waals surface area (Å²) in [5, 5.41) is 0. The van der Waals surface area contributed by atoms with Gasteiger partial charge in [-0.05, 0) is 43.2 Å². The molecule has 0 unspecified atom stereocenters. The maximum Gasteiger partial charge on any atom is 0.416 e. The summed E-state index contributed by atoms with van der Waals surface area (Å²) in [4.78, 5) is 5.67. The molecule has 0 spiro atoms. The van der Waals surface area contributed by atoms with Crippen molar-refractivity contribution < 1.29 is 22.3 Å². The van der Waals surface area contributed by atoms with Crippen molar-refractivity contribution in [1.29, 1.82) is 0 Å². The van der Waals surface area contributed by atoms with Gasteiger partial charge < -0.3 is 15.4 Å². The van der Waals surface area contributed by atoms with E-state index in [-0.39, 0.29) is 30.9 Å². The number of rotatable bonds is 3. The maximum atomic E-state index is 15.2. The van der Waals surface area contributed by atoms with Crippen LogP contribution < -0.4 is 10.6 Å². The number of halogens is 4. The molecule has 0 saturated carbocycles. The van der Waals surface area contributed by atoms with Crippen LogP contribution in [0.15, 0.2) is 24.3 Å². The van der Waals surface area contributed by atoms with Gasteiger partial charge in [-0.2, -0.15) is 13.2 Å². The first-order valence-corrected chi connectivity index (χ1v) is 8.61. The molecule has 1 fully saturated rings. The van der Waals surface area contributed by atoms with Crippen molar-refractivity contribution in [1.82, 2.24) is 4.98 Å². The van der Waals surface area contributed by atoms with E-state index in [9.17, 15) is 13.2 Å². The molecule has 2 N–H and O–H groups in total. The van der Waals surface area contributed by atoms with E-state index in [1.54, 1.807) is 6.07 Å². The van der Waals surface area contributed by atoms with E-state index in [0.29, 0.717) is 5.56 Å². The first kappa shape index (κ1) is 19.6. The fourth-order valence-corrected chi connectivity index (χ4v) is 3.38. The predicted molar refractivity (Wildman–Crippen MR) is 95.0 cm³/mol. The second kappa shape index (κ2) is 7.44. The van der Waals surface area contributed by atoms with Crippen molar-refractivity contribution in [3.63, 3.8) is 0 Å². The number of aryl methyl sites for hydroxylation is 2. The average molecular weight is 383 g/mol. The zero-order chi connectivity index (χ0) is 19.8. The van der Waals surface area contributed by atoms with Crippen molar-refractivity contribution in [2.75, 3.05) is 24.6 Å². The van der Waals surface area contributed by atoms with Gasteiger partial charge >= 0.3 is 6.18 Å². The van der Waals surface area contributed by atoms with Gasteiger partial charge in [0.15, 0.2) is 11.9 Å². The van der Waals surface area contributed by atoms with Crippen molar-refractivity contribution >= 4 is 5.69 Å². The third-order valence-corrected chi connectivity index (χ3v) is 4.59. The van der Waals surface area contributed by atoms with Gasteiger partial charge in [-0.15, -0.1) is 0 Å². The van der Waals surface area contributed by atoms with Crippen LogP contribution in [0.1, 0.15) is 17.0 Å². The summed E-state index contributed by atoms with van der Waals surface area (Å²) in [6.45, 7) is 3.23. The molecular weight excluding hydrogens is 362 g/mol. The molecular formula is C19H21F4N3O. The molecule has 27 heavy (non-hydrogen) atoms. The molecule has 4 nitrogen and oxygen atoms in total. The van der Waals surface area contributed by atoms with Crippen LogP contribution in [-0.4, -0.2) is 37.0 Å². The van der Waals surface area contributed by atoms with Gasteiger partial charge in [-0.25, -0.2) is 4.39 Å². The third-order valence-electron chi connectivity index (χ3n) is 4.59. The standard InChI is InChI=1S/C19H21F4N3O/c1-11-7-13(8-12(2)25-11)14-3-4-16(18(20)15(14)9-24)26-5-6-27-17(10-26)19(21,22)23/h3-4,7-8,17H,5-6,9-10,24H2,1-2H3/t17-/m1/s1. The van der Waals surface area contributed by atoms with Crippen LogP contribution in [0, 0.1) is 19.7 Å². The van der Waals surface area contributed by atoms with Crippen LogP contribution in [0.25, 0.3) is 11.1 Å². The Morgan fingerprint density at radius 3 is 2.48 bits per heavy atom. The van der Waals surface area contributed by atoms with Gasteiger partial charge in [0.2, 0.25) is 0 Å². The minimum absolute atomic E-state index is 0.0670. The number of nitrogens with zero attached hydrogens (tertiary/aromatic N) is 2. The summed E-state index contributed by atoms with van der Waals surface area (Å²) in [6, 6.07) is 6.87. The lowest BCUT2D eigenvalue weighted by atomic mass is 9.97. The molecule has 1 aliphatic heterocycles. The van der Waals surface area contributed by atoms with E-state index in [0.717, 1.165) is 17.0 Å². The van der Waals surface area contributed by atoms with Crippen molar-refractivity contribution in [2.45, 2.75) is 32.7 Å². The number of nitrogens with two attached hydrogens (primary N) is 1. The lowest BCUT2D eigenvalue weighted by Crippen LogP contribution is -2.49. The molecule has 3 rings (SSSR count). The van der Waals surface area contributed by atoms with E-state index in [1.165, 1.54) is 11.0 Å². The van der Waals surface area contributed by atoms with E-state index in [1.807, 2.05) is 26.0 Å². The number of pyridine rings is 1. The predicted octanol–water partition coefficient (Wildman–Crippen LogP) is 3.73. The highest BCUT2D eigenvalue weighted by molar-refractivity contribution is 5.72. The molecule has 2 aromatic rings. The molecule has 1 aromatic carbocycles. The maximum absolute atomic E-state index is 15.2. The minimum Gasteiger partial charge on any atom is -0.365 e. The van der Waals surface area contributed by atoms with E-state index in [4.69, 9.17) is 10.5 Å². The molecule has 1 aliphatic rings. The smallest absolute Gasteiger partial charge is 0.365 e. The topological polar surface area (TPSA) is 51.4 Å². The number of morpholine rings is 1. The number of ether oxygens (including phenoxy) is 1. The highest BCUT2D eigenvalue weighted by Gasteiger charge is 2.43. The van der Waals surface area contributed by atoms with Crippen molar-refractivity contribution in [3.8, 4) is 11.1 Å². The Hall–Kier alpha value is -2.19.